The molecule has 138 valence electrons. The van der Waals surface area contributed by atoms with Crippen molar-refractivity contribution < 1.29 is 14.5 Å². The quantitative estimate of drug-likeness (QED) is 0.618. The Kier molecular flexibility index (Phi) is 5.50. The van der Waals surface area contributed by atoms with Crippen LogP contribution in [0.1, 0.15) is 36.7 Å². The number of nitro benzene ring substituents is 1. The molecule has 0 spiro atoms. The number of nitro groups is 1. The smallest absolute Gasteiger partial charge is 0.270 e. The molecule has 7 nitrogen and oxygen atoms in total. The molecular formula is C19H23N3O4. The van der Waals surface area contributed by atoms with Gasteiger partial charge in [-0.15, -0.1) is 0 Å². The lowest BCUT2D eigenvalue weighted by molar-refractivity contribution is -0.384. The minimum absolute atomic E-state index is 0.104. The lowest BCUT2D eigenvalue weighted by atomic mass is 9.87. The summed E-state index contributed by atoms with van der Waals surface area (Å²) in [6, 6.07) is 9.71. The molecule has 0 radical (unpaired) electrons. The van der Waals surface area contributed by atoms with Gasteiger partial charge in [0.05, 0.1) is 23.3 Å². The van der Waals surface area contributed by atoms with E-state index in [4.69, 9.17) is 4.74 Å². The van der Waals surface area contributed by atoms with Crippen LogP contribution in [0.5, 0.6) is 5.75 Å². The first-order valence-electron chi connectivity index (χ1n) is 8.13. The van der Waals surface area contributed by atoms with Crippen LogP contribution < -0.4 is 15.4 Å². The minimum atomic E-state index is -0.531. The Morgan fingerprint density at radius 1 is 1.12 bits per heavy atom. The van der Waals surface area contributed by atoms with E-state index >= 15 is 0 Å². The highest BCUT2D eigenvalue weighted by Gasteiger charge is 2.20. The Morgan fingerprint density at radius 2 is 1.81 bits per heavy atom. The molecule has 0 fully saturated rings. The standard InChI is InChI=1S/C19H23N3O4/c1-19(2,3)12-6-9-17(26-5)16(10-12)21-18(23)14-11-13(22(24)25)7-8-15(14)20-4/h6-11,20H,1-5H3,(H,21,23). The highest BCUT2D eigenvalue weighted by Crippen LogP contribution is 2.32. The van der Waals surface area contributed by atoms with Crippen molar-refractivity contribution in [3.8, 4) is 5.75 Å². The zero-order valence-corrected chi connectivity index (χ0v) is 15.5. The second kappa shape index (κ2) is 7.43. The fourth-order valence-electron chi connectivity index (χ4n) is 2.51. The number of nitrogens with one attached hydrogen (secondary N) is 2. The van der Waals surface area contributed by atoms with E-state index in [-0.39, 0.29) is 16.7 Å². The Balaban J connectivity index is 2.44. The van der Waals surface area contributed by atoms with Gasteiger partial charge in [0.2, 0.25) is 0 Å². The molecule has 0 aliphatic rings. The van der Waals surface area contributed by atoms with Gasteiger partial charge in [0, 0.05) is 24.9 Å². The van der Waals surface area contributed by atoms with Gasteiger partial charge < -0.3 is 15.4 Å². The van der Waals surface area contributed by atoms with Gasteiger partial charge in [-0.05, 0) is 29.2 Å². The minimum Gasteiger partial charge on any atom is -0.495 e. The first-order valence-corrected chi connectivity index (χ1v) is 8.13. The van der Waals surface area contributed by atoms with Gasteiger partial charge in [-0.25, -0.2) is 0 Å². The first kappa shape index (κ1) is 19.2. The molecule has 2 N–H and O–H groups in total. The molecule has 26 heavy (non-hydrogen) atoms. The van der Waals surface area contributed by atoms with Gasteiger partial charge in [-0.1, -0.05) is 26.8 Å². The Morgan fingerprint density at radius 3 is 2.35 bits per heavy atom. The molecule has 0 aliphatic heterocycles. The molecule has 0 aliphatic carbocycles. The van der Waals surface area contributed by atoms with Gasteiger partial charge in [-0.2, -0.15) is 0 Å². The average Bonchev–Trinajstić information content (AvgIpc) is 2.60. The molecule has 0 unspecified atom stereocenters. The highest BCUT2D eigenvalue weighted by molar-refractivity contribution is 6.09. The van der Waals surface area contributed by atoms with Crippen molar-refractivity contribution >= 4 is 23.0 Å². The van der Waals surface area contributed by atoms with Gasteiger partial charge >= 0.3 is 0 Å². The molecule has 2 aromatic carbocycles. The number of rotatable bonds is 5. The van der Waals surface area contributed by atoms with Crippen LogP contribution in [0.15, 0.2) is 36.4 Å². The van der Waals surface area contributed by atoms with Crippen LogP contribution in [0, 0.1) is 10.1 Å². The number of benzene rings is 2. The topological polar surface area (TPSA) is 93.5 Å². The van der Waals surface area contributed by atoms with Gasteiger partial charge in [0.25, 0.3) is 11.6 Å². The van der Waals surface area contributed by atoms with Crippen LogP contribution in [0.25, 0.3) is 0 Å². The lowest BCUT2D eigenvalue weighted by Crippen LogP contribution is -2.17. The zero-order chi connectivity index (χ0) is 19.5. The predicted octanol–water partition coefficient (Wildman–Crippen LogP) is 4.19. The normalized spacial score (nSPS) is 11.0. The van der Waals surface area contributed by atoms with E-state index in [1.807, 2.05) is 12.1 Å². The second-order valence-corrected chi connectivity index (χ2v) is 6.86. The van der Waals surface area contributed by atoms with Gasteiger partial charge in [-0.3, -0.25) is 14.9 Å². The highest BCUT2D eigenvalue weighted by atomic mass is 16.6. The maximum atomic E-state index is 12.8. The summed E-state index contributed by atoms with van der Waals surface area (Å²) in [7, 11) is 3.17. The third kappa shape index (κ3) is 4.11. The van der Waals surface area contributed by atoms with Crippen molar-refractivity contribution in [2.75, 3.05) is 24.8 Å². The van der Waals surface area contributed by atoms with Gasteiger partial charge in [0.15, 0.2) is 0 Å². The van der Waals surface area contributed by atoms with Crippen LogP contribution in [0.2, 0.25) is 0 Å². The third-order valence-electron chi connectivity index (χ3n) is 4.04. The fourth-order valence-corrected chi connectivity index (χ4v) is 2.51. The van der Waals surface area contributed by atoms with Crippen LogP contribution in [0.4, 0.5) is 17.1 Å². The van der Waals surface area contributed by atoms with Crippen molar-refractivity contribution in [1.82, 2.24) is 0 Å². The maximum Gasteiger partial charge on any atom is 0.270 e. The summed E-state index contributed by atoms with van der Waals surface area (Å²) in [5.41, 5.74) is 1.97. The summed E-state index contributed by atoms with van der Waals surface area (Å²) in [6.07, 6.45) is 0. The van der Waals surface area contributed by atoms with E-state index in [1.54, 1.807) is 13.1 Å². The molecule has 2 rings (SSSR count). The van der Waals surface area contributed by atoms with Crippen molar-refractivity contribution in [3.05, 3.63) is 57.6 Å². The fraction of sp³-hybridized carbons (Fsp3) is 0.316. The molecule has 0 bridgehead atoms. The summed E-state index contributed by atoms with van der Waals surface area (Å²) >= 11 is 0. The number of methoxy groups -OCH3 is 1. The first-order chi connectivity index (χ1) is 12.2. The van der Waals surface area contributed by atoms with E-state index in [9.17, 15) is 14.9 Å². The average molecular weight is 357 g/mol. The monoisotopic (exact) mass is 357 g/mol. The zero-order valence-electron chi connectivity index (χ0n) is 15.5. The molecule has 0 heterocycles. The molecule has 0 saturated carbocycles. The van der Waals surface area contributed by atoms with Crippen molar-refractivity contribution in [1.29, 1.82) is 0 Å². The second-order valence-electron chi connectivity index (χ2n) is 6.86. The van der Waals surface area contributed by atoms with Crippen LogP contribution >= 0.6 is 0 Å². The summed E-state index contributed by atoms with van der Waals surface area (Å²) < 4.78 is 5.33. The number of nitrogens with zero attached hydrogens (tertiary/aromatic N) is 1. The molecule has 2 aromatic rings. The van der Waals surface area contributed by atoms with E-state index in [0.717, 1.165) is 5.56 Å². The Bertz CT molecular complexity index is 841. The number of anilines is 2. The van der Waals surface area contributed by atoms with Crippen LogP contribution in [-0.4, -0.2) is 25.0 Å². The van der Waals surface area contributed by atoms with Crippen molar-refractivity contribution in [2.24, 2.45) is 0 Å². The summed E-state index contributed by atoms with van der Waals surface area (Å²) in [4.78, 5) is 23.3. The van der Waals surface area contributed by atoms with Crippen LogP contribution in [-0.2, 0) is 5.41 Å². The van der Waals surface area contributed by atoms with Crippen LogP contribution in [0.3, 0.4) is 0 Å². The molecule has 7 heteroatoms. The third-order valence-corrected chi connectivity index (χ3v) is 4.04. The SMILES string of the molecule is CNc1ccc([N+](=O)[O-])cc1C(=O)Nc1cc(C(C)(C)C)ccc1OC. The molecule has 1 amide bonds. The summed E-state index contributed by atoms with van der Waals surface area (Å²) in [5.74, 6) is 0.0604. The van der Waals surface area contributed by atoms with Crippen molar-refractivity contribution in [3.63, 3.8) is 0 Å². The molecule has 0 atom stereocenters. The number of carbonyl (C=O) groups excluding carboxylic acids is 1. The number of hydrogen-bond donors (Lipinski definition) is 2. The maximum absolute atomic E-state index is 12.8. The molecule has 0 aromatic heterocycles. The largest absolute Gasteiger partial charge is 0.495 e. The van der Waals surface area contributed by atoms with E-state index in [0.29, 0.717) is 17.1 Å². The summed E-state index contributed by atoms with van der Waals surface area (Å²) in [5, 5.41) is 16.7. The Hall–Kier alpha value is -3.09. The number of carbonyl (C=O) groups is 1. The van der Waals surface area contributed by atoms with E-state index in [1.165, 1.54) is 25.3 Å². The van der Waals surface area contributed by atoms with E-state index < -0.39 is 10.8 Å². The molecular weight excluding hydrogens is 334 g/mol. The number of amides is 1. The number of non-ortho nitro benzene ring substituents is 1. The lowest BCUT2D eigenvalue weighted by Gasteiger charge is -2.21. The van der Waals surface area contributed by atoms with Crippen molar-refractivity contribution in [2.45, 2.75) is 26.2 Å². The molecule has 0 saturated heterocycles. The summed E-state index contributed by atoms with van der Waals surface area (Å²) in [6.45, 7) is 6.21. The number of hydrogen-bond acceptors (Lipinski definition) is 5. The predicted molar refractivity (Wildman–Crippen MR) is 102 cm³/mol. The number of ether oxygens (including phenoxy) is 1. The Labute approximate surface area is 152 Å². The van der Waals surface area contributed by atoms with E-state index in [2.05, 4.69) is 31.4 Å². The van der Waals surface area contributed by atoms with Gasteiger partial charge in [0.1, 0.15) is 5.75 Å².